The van der Waals surface area contributed by atoms with Crippen LogP contribution in [0.5, 0.6) is 0 Å². The van der Waals surface area contributed by atoms with Gasteiger partial charge in [0.05, 0.1) is 0 Å². The van der Waals surface area contributed by atoms with Gasteiger partial charge in [0.25, 0.3) is 0 Å². The van der Waals surface area contributed by atoms with Crippen molar-refractivity contribution >= 4 is 56.0 Å². The lowest BCUT2D eigenvalue weighted by Crippen LogP contribution is -3.61. The Labute approximate surface area is 639 Å². The molecule has 0 aliphatic carbocycles. The summed E-state index contributed by atoms with van der Waals surface area (Å²) in [5, 5.41) is 0. The molecule has 0 aliphatic heterocycles. The third-order valence-corrected chi connectivity index (χ3v) is 22.2. The normalized spacial score (nSPS) is 11.5. The summed E-state index contributed by atoms with van der Waals surface area (Å²) in [6.07, 6.45) is -14.4. The second-order valence-corrected chi connectivity index (χ2v) is 29.0. The minimum Gasteiger partial charge on any atom is -0.207 e. The summed E-state index contributed by atoms with van der Waals surface area (Å²) in [5.74, 6) is -143. The maximum atomic E-state index is 15.4. The molecule has 0 saturated carbocycles. The van der Waals surface area contributed by atoms with Gasteiger partial charge in [0, 0.05) is 0 Å². The summed E-state index contributed by atoms with van der Waals surface area (Å²) < 4.78 is 594. The molecule has 0 radical (unpaired) electrons. The van der Waals surface area contributed by atoms with E-state index in [1.807, 2.05) is 0 Å². The van der Waals surface area contributed by atoms with Crippen molar-refractivity contribution in [1.29, 1.82) is 0 Å². The largest absolute Gasteiger partial charge is 0.357 e. The van der Waals surface area contributed by atoms with Gasteiger partial charge in [-0.05, 0) is 48.5 Å². The Morgan fingerprint density at radius 1 is 0.112 bits per heavy atom. The molecular formula is C72H20B2F40I2. The van der Waals surface area contributed by atoms with Crippen LogP contribution in [0.4, 0.5) is 176 Å². The smallest absolute Gasteiger partial charge is 0.207 e. The average molecular weight is 1920 g/mol. The van der Waals surface area contributed by atoms with Crippen molar-refractivity contribution in [3.8, 4) is 0 Å². The number of halogens is 42. The van der Waals surface area contributed by atoms with Gasteiger partial charge in [0.2, 0.25) is 0 Å². The van der Waals surface area contributed by atoms with Crippen LogP contribution >= 0.6 is 0 Å². The SMILES string of the molecule is Fc1c(F)c(F)c([B-](c2c(F)c(F)c(F)c(F)c2F)(c2c(F)c(F)c(F)c(F)c2F)c2c(F)c(F)c(F)c(F)c2F)c(F)c1F.Fc1c(F)c(F)c([B-](c2c(F)c(F)c(F)c(F)c2F)(c2c(F)c(F)c(F)c(F)c2F)c2c(F)c(F)c(F)c(F)c2F)c(F)c1F.c1ccc([I+]c2ccccc2)cc1.c1ccc([I+]c2ccccc2)cc1. The second-order valence-electron chi connectivity index (χ2n) is 23.0. The fourth-order valence-corrected chi connectivity index (χ4v) is 16.4. The molecule has 0 saturated heterocycles. The zero-order chi connectivity index (χ0) is 86.6. The zero-order valence-electron chi connectivity index (χ0n) is 54.6. The molecule has 608 valence electrons. The minimum atomic E-state index is -7.22. The van der Waals surface area contributed by atoms with Crippen LogP contribution in [0, 0.1) is 247 Å². The Morgan fingerprint density at radius 3 is 0.276 bits per heavy atom. The highest BCUT2D eigenvalue weighted by molar-refractivity contribution is 7.21. The van der Waals surface area contributed by atoms with E-state index in [4.69, 9.17) is 0 Å². The fourth-order valence-electron chi connectivity index (χ4n) is 11.9. The molecule has 0 nitrogen and oxygen atoms in total. The Bertz CT molecular complexity index is 4690. The van der Waals surface area contributed by atoms with E-state index in [1.165, 1.54) is 14.3 Å². The monoisotopic (exact) mass is 1920 g/mol. The van der Waals surface area contributed by atoms with Gasteiger partial charge in [0.15, 0.2) is 154 Å². The van der Waals surface area contributed by atoms with E-state index in [2.05, 4.69) is 121 Å². The number of hydrogen-bond acceptors (Lipinski definition) is 0. The van der Waals surface area contributed by atoms with Gasteiger partial charge in [-0.15, -0.1) is 43.7 Å². The summed E-state index contributed by atoms with van der Waals surface area (Å²) in [7, 11) is 0. The minimum absolute atomic E-state index is 0.0287. The van der Waals surface area contributed by atoms with E-state index in [0.717, 1.165) is 0 Å². The number of rotatable bonds is 12. The molecule has 0 fully saturated rings. The van der Waals surface area contributed by atoms with Crippen molar-refractivity contribution in [2.45, 2.75) is 0 Å². The highest BCUT2D eigenvalue weighted by Gasteiger charge is 2.55. The summed E-state index contributed by atoms with van der Waals surface area (Å²) >= 11 is 0.0574. The molecule has 0 amide bonds. The van der Waals surface area contributed by atoms with Crippen LogP contribution in [0.2, 0.25) is 0 Å². The summed E-state index contributed by atoms with van der Waals surface area (Å²) in [6, 6.07) is 42.8. The van der Waals surface area contributed by atoms with Crippen LogP contribution in [0.1, 0.15) is 0 Å². The molecule has 0 aromatic heterocycles. The fraction of sp³-hybridized carbons (Fsp3) is 0. The van der Waals surface area contributed by atoms with Crippen LogP contribution in [0.3, 0.4) is 0 Å². The second kappa shape index (κ2) is 34.7. The highest BCUT2D eigenvalue weighted by atomic mass is 127. The Balaban J connectivity index is 0.000000201. The van der Waals surface area contributed by atoms with Crippen LogP contribution < -0.4 is 86.1 Å². The van der Waals surface area contributed by atoms with Crippen molar-refractivity contribution in [2.75, 3.05) is 0 Å². The molecule has 0 aliphatic rings. The van der Waals surface area contributed by atoms with Crippen molar-refractivity contribution in [1.82, 2.24) is 0 Å². The van der Waals surface area contributed by atoms with Gasteiger partial charge in [-0.25, -0.2) is 176 Å². The van der Waals surface area contributed by atoms with Gasteiger partial charge < -0.3 is 0 Å². The maximum absolute atomic E-state index is 15.4. The summed E-state index contributed by atoms with van der Waals surface area (Å²) in [4.78, 5) is 0. The zero-order valence-corrected chi connectivity index (χ0v) is 58.9. The van der Waals surface area contributed by atoms with E-state index in [9.17, 15) is 105 Å². The molecule has 0 spiro atoms. The molecular weight excluding hydrogens is 1900 g/mol. The molecule has 0 heterocycles. The molecule has 0 bridgehead atoms. The Morgan fingerprint density at radius 2 is 0.190 bits per heavy atom. The van der Waals surface area contributed by atoms with E-state index in [-0.39, 0.29) is 42.4 Å². The molecule has 116 heavy (non-hydrogen) atoms. The summed E-state index contributed by atoms with van der Waals surface area (Å²) in [6.45, 7) is 0. The molecule has 12 rings (SSSR count). The van der Waals surface area contributed by atoms with Gasteiger partial charge in [0.1, 0.15) is 105 Å². The van der Waals surface area contributed by atoms with Crippen molar-refractivity contribution in [2.24, 2.45) is 0 Å². The standard InChI is InChI=1S/2C24BF20.2C12H10I/c2*26-5-1(6(27)14(35)21(42)13(5)34)25(2-7(28)15(36)22(43)16(37)8(2)29,3-9(30)17(38)23(44)18(39)10(3)31)4-11(32)19(40)24(45)20(41)12(4)33;2*1-3-7-11(8-4-1)13-12-9-5-2-6-10-12/h;;2*1-10H/q2*-1;2*+1. The lowest BCUT2D eigenvalue weighted by molar-refractivity contribution is -0.597. The first-order valence-electron chi connectivity index (χ1n) is 30.3. The van der Waals surface area contributed by atoms with E-state index < -0.39 is 289 Å². The first-order valence-corrected chi connectivity index (χ1v) is 34.6. The lowest BCUT2D eigenvalue weighted by Gasteiger charge is -2.44. The van der Waals surface area contributed by atoms with E-state index in [0.29, 0.717) is 0 Å². The van der Waals surface area contributed by atoms with Crippen LogP contribution in [-0.2, 0) is 0 Å². The number of benzene rings is 12. The maximum Gasteiger partial charge on any atom is 0.357 e. The molecule has 0 atom stereocenters. The Hall–Kier alpha value is -10.6. The molecule has 44 heteroatoms. The first kappa shape index (κ1) is 89.4. The van der Waals surface area contributed by atoms with E-state index in [1.54, 1.807) is 0 Å². The molecule has 12 aromatic carbocycles. The molecule has 0 unspecified atom stereocenters. The topological polar surface area (TPSA) is 0 Å². The Kier molecular flexibility index (Phi) is 26.7. The molecule has 0 N–H and O–H groups in total. The van der Waals surface area contributed by atoms with Gasteiger partial charge in [-0.3, -0.25) is 0 Å². The number of hydrogen-bond donors (Lipinski definition) is 0. The first-order chi connectivity index (χ1) is 54.3. The van der Waals surface area contributed by atoms with Crippen molar-refractivity contribution in [3.63, 3.8) is 0 Å². The van der Waals surface area contributed by atoms with Crippen LogP contribution in [0.25, 0.3) is 0 Å². The predicted molar refractivity (Wildman–Crippen MR) is 319 cm³/mol. The van der Waals surface area contributed by atoms with Crippen LogP contribution in [-0.4, -0.2) is 12.3 Å². The third-order valence-electron chi connectivity index (χ3n) is 16.8. The predicted octanol–water partition coefficient (Wildman–Crippen LogP) is 11.3. The average Bonchev–Trinajstić information content (AvgIpc) is 0.685. The van der Waals surface area contributed by atoms with Gasteiger partial charge in [-0.1, -0.05) is 72.8 Å². The quantitative estimate of drug-likeness (QED) is 0.0376. The van der Waals surface area contributed by atoms with Crippen LogP contribution in [0.15, 0.2) is 121 Å². The summed E-state index contributed by atoms with van der Waals surface area (Å²) in [5.41, 5.74) is -28.7. The third kappa shape index (κ3) is 14.9. The van der Waals surface area contributed by atoms with Gasteiger partial charge >= 0.3 is 42.4 Å². The van der Waals surface area contributed by atoms with Crippen molar-refractivity contribution in [3.05, 3.63) is 368 Å². The highest BCUT2D eigenvalue weighted by Crippen LogP contribution is 2.35. The van der Waals surface area contributed by atoms with E-state index >= 15 is 70.2 Å². The van der Waals surface area contributed by atoms with Crippen molar-refractivity contribution < 1.29 is 218 Å². The molecule has 12 aromatic rings. The van der Waals surface area contributed by atoms with Gasteiger partial charge in [-0.2, -0.15) is 0 Å². The lowest BCUT2D eigenvalue weighted by atomic mass is 9.12.